The van der Waals surface area contributed by atoms with Crippen molar-refractivity contribution in [2.24, 2.45) is 5.92 Å². The van der Waals surface area contributed by atoms with Crippen molar-refractivity contribution >= 4 is 17.6 Å². The largest absolute Gasteiger partial charge is 0.477 e. The summed E-state index contributed by atoms with van der Waals surface area (Å²) in [6.45, 7) is 0.910. The first-order valence-electron chi connectivity index (χ1n) is 6.59. The number of methoxy groups -OCH3 is 1. The molecule has 0 amide bonds. The van der Waals surface area contributed by atoms with Gasteiger partial charge in [0.25, 0.3) is 0 Å². The molecule has 5 nitrogen and oxygen atoms in total. The van der Waals surface area contributed by atoms with Crippen LogP contribution in [-0.4, -0.2) is 43.5 Å². The maximum absolute atomic E-state index is 13.9. The normalized spacial score (nSPS) is 28.0. The van der Waals surface area contributed by atoms with Gasteiger partial charge in [-0.25, -0.2) is 9.18 Å². The van der Waals surface area contributed by atoms with Crippen LogP contribution in [0.2, 0.25) is 0 Å². The van der Waals surface area contributed by atoms with E-state index in [1.165, 1.54) is 18.2 Å². The number of fused-ring (bicyclic) bond motifs is 1. The van der Waals surface area contributed by atoms with Crippen LogP contribution in [0.15, 0.2) is 34.8 Å². The molecule has 0 spiro atoms. The maximum atomic E-state index is 13.9. The third kappa shape index (κ3) is 3.64. The number of halogens is 2. The second-order valence-electron chi connectivity index (χ2n) is 4.82. The minimum absolute atomic E-state index is 0.0806. The third-order valence-electron chi connectivity index (χ3n) is 3.41. The van der Waals surface area contributed by atoms with Crippen molar-refractivity contribution in [2.45, 2.75) is 18.6 Å². The van der Waals surface area contributed by atoms with E-state index < -0.39 is 29.9 Å². The number of ether oxygens (including phenoxy) is 2. The Hall–Kier alpha value is -1.37. The minimum Gasteiger partial charge on any atom is -0.477 e. The molecule has 2 rings (SSSR count). The lowest BCUT2D eigenvalue weighted by atomic mass is 9.85. The highest BCUT2D eigenvalue weighted by atomic mass is 35.5. The van der Waals surface area contributed by atoms with Crippen molar-refractivity contribution < 1.29 is 23.8 Å². The number of allylic oxidation sites excluding steroid dienone is 2. The van der Waals surface area contributed by atoms with Crippen LogP contribution in [0.5, 0.6) is 0 Å². The van der Waals surface area contributed by atoms with Gasteiger partial charge in [-0.1, -0.05) is 11.6 Å². The van der Waals surface area contributed by atoms with Crippen molar-refractivity contribution in [3.8, 4) is 0 Å². The molecule has 21 heavy (non-hydrogen) atoms. The molecule has 2 N–H and O–H groups in total. The summed E-state index contributed by atoms with van der Waals surface area (Å²) in [5.41, 5.74) is -0.0806. The Morgan fingerprint density at radius 1 is 1.48 bits per heavy atom. The summed E-state index contributed by atoms with van der Waals surface area (Å²) < 4.78 is 24.5. The number of carbonyl (C=O) groups is 1. The molecule has 7 heteroatoms. The summed E-state index contributed by atoms with van der Waals surface area (Å²) in [7, 11) is 1.59. The lowest BCUT2D eigenvalue weighted by molar-refractivity contribution is -0.133. The highest BCUT2D eigenvalue weighted by Gasteiger charge is 2.41. The molecular formula is C14H17ClFNO4. The first kappa shape index (κ1) is 16.0. The average Bonchev–Trinajstić information content (AvgIpc) is 2.47. The van der Waals surface area contributed by atoms with Crippen LogP contribution < -0.4 is 5.32 Å². The molecule has 3 unspecified atom stereocenters. The van der Waals surface area contributed by atoms with Gasteiger partial charge in [0.05, 0.1) is 18.1 Å². The molecule has 0 fully saturated rings. The molecule has 0 bridgehead atoms. The summed E-state index contributed by atoms with van der Waals surface area (Å²) in [5.74, 6) is -2.08. The Morgan fingerprint density at radius 2 is 2.24 bits per heavy atom. The minimum atomic E-state index is -1.16. The van der Waals surface area contributed by atoms with Crippen LogP contribution in [0.4, 0.5) is 4.39 Å². The van der Waals surface area contributed by atoms with Gasteiger partial charge in [0.15, 0.2) is 0 Å². The van der Waals surface area contributed by atoms with E-state index in [1.807, 2.05) is 0 Å². The van der Waals surface area contributed by atoms with Crippen molar-refractivity contribution in [3.05, 3.63) is 34.8 Å². The van der Waals surface area contributed by atoms with Crippen molar-refractivity contribution in [3.63, 3.8) is 0 Å². The first-order valence-corrected chi connectivity index (χ1v) is 6.97. The molecule has 1 heterocycles. The topological polar surface area (TPSA) is 67.8 Å². The van der Waals surface area contributed by atoms with Crippen LogP contribution in [0.25, 0.3) is 0 Å². The Balaban J connectivity index is 2.17. The second-order valence-corrected chi connectivity index (χ2v) is 5.25. The Bertz CT molecular complexity index is 503. The molecule has 116 valence electrons. The van der Waals surface area contributed by atoms with Gasteiger partial charge >= 0.3 is 5.97 Å². The fraction of sp³-hybridized carbons (Fsp3) is 0.500. The summed E-state index contributed by atoms with van der Waals surface area (Å²) in [4.78, 5) is 11.1. The fourth-order valence-corrected chi connectivity index (χ4v) is 2.71. The summed E-state index contributed by atoms with van der Waals surface area (Å²) in [6.07, 6.45) is 4.22. The number of aliphatic carboxylic acids is 1. The molecule has 2 aliphatic rings. The maximum Gasteiger partial charge on any atom is 0.351 e. The van der Waals surface area contributed by atoms with E-state index in [1.54, 1.807) is 7.11 Å². The Morgan fingerprint density at radius 3 is 2.90 bits per heavy atom. The monoisotopic (exact) mass is 317 g/mol. The molecule has 0 aromatic carbocycles. The highest BCUT2D eigenvalue weighted by molar-refractivity contribution is 6.30. The van der Waals surface area contributed by atoms with E-state index in [4.69, 9.17) is 26.2 Å². The predicted molar refractivity (Wildman–Crippen MR) is 75.5 cm³/mol. The zero-order chi connectivity index (χ0) is 15.4. The number of carboxylic acids is 1. The number of nitrogens with one attached hydrogen (secondary N) is 1. The van der Waals surface area contributed by atoms with Gasteiger partial charge in [-0.05, 0) is 24.6 Å². The van der Waals surface area contributed by atoms with Crippen molar-refractivity contribution in [1.82, 2.24) is 5.32 Å². The van der Waals surface area contributed by atoms with Gasteiger partial charge in [0.1, 0.15) is 11.5 Å². The van der Waals surface area contributed by atoms with E-state index in [2.05, 4.69) is 5.32 Å². The van der Waals surface area contributed by atoms with Gasteiger partial charge < -0.3 is 19.9 Å². The van der Waals surface area contributed by atoms with Crippen LogP contribution >= 0.6 is 11.6 Å². The third-order valence-corrected chi connectivity index (χ3v) is 3.78. The van der Waals surface area contributed by atoms with E-state index >= 15 is 0 Å². The fourth-order valence-electron chi connectivity index (χ4n) is 2.40. The number of carboxylic acid groups (broad SMARTS) is 1. The summed E-state index contributed by atoms with van der Waals surface area (Å²) in [5, 5.41) is 12.2. The molecule has 0 radical (unpaired) electrons. The number of hydrogen-bond donors (Lipinski definition) is 2. The molecule has 0 saturated heterocycles. The first-order chi connectivity index (χ1) is 10.0. The second kappa shape index (κ2) is 7.06. The number of hydrogen-bond acceptors (Lipinski definition) is 4. The summed E-state index contributed by atoms with van der Waals surface area (Å²) in [6, 6.07) is -0.814. The standard InChI is InChI=1S/C14H17ClFNO4/c1-20-5-2-6-21-11-7-10(14(18)19)17-13-9(16)4-3-8(15)12(11)13/h3-4,7,11-13,17H,2,5-6H2,1H3,(H,18,19). The average molecular weight is 318 g/mol. The SMILES string of the molecule is COCCCOC1C=C(C(=O)O)NC2C(F)=CC=C(Cl)C12. The quantitative estimate of drug-likeness (QED) is 0.733. The van der Waals surface area contributed by atoms with E-state index in [9.17, 15) is 9.18 Å². The van der Waals surface area contributed by atoms with Crippen LogP contribution in [0.1, 0.15) is 6.42 Å². The van der Waals surface area contributed by atoms with Gasteiger partial charge in [0, 0.05) is 25.4 Å². The molecule has 3 atom stereocenters. The van der Waals surface area contributed by atoms with E-state index in [0.717, 1.165) is 0 Å². The van der Waals surface area contributed by atoms with E-state index in [-0.39, 0.29) is 5.70 Å². The van der Waals surface area contributed by atoms with Crippen molar-refractivity contribution in [2.75, 3.05) is 20.3 Å². The van der Waals surface area contributed by atoms with Crippen LogP contribution in [-0.2, 0) is 14.3 Å². The lowest BCUT2D eigenvalue weighted by Crippen LogP contribution is -2.49. The molecule has 1 aliphatic carbocycles. The van der Waals surface area contributed by atoms with Crippen LogP contribution in [0.3, 0.4) is 0 Å². The number of rotatable bonds is 6. The van der Waals surface area contributed by atoms with E-state index in [0.29, 0.717) is 24.7 Å². The highest BCUT2D eigenvalue weighted by Crippen LogP contribution is 2.36. The van der Waals surface area contributed by atoms with Gasteiger partial charge in [0.2, 0.25) is 0 Å². The van der Waals surface area contributed by atoms with Gasteiger partial charge in [-0.15, -0.1) is 0 Å². The molecular weight excluding hydrogens is 301 g/mol. The zero-order valence-electron chi connectivity index (χ0n) is 11.5. The summed E-state index contributed by atoms with van der Waals surface area (Å²) >= 11 is 6.15. The van der Waals surface area contributed by atoms with Crippen molar-refractivity contribution in [1.29, 1.82) is 0 Å². The Kier molecular flexibility index (Phi) is 5.39. The Labute approximate surface area is 127 Å². The van der Waals surface area contributed by atoms with Crippen LogP contribution in [0, 0.1) is 5.92 Å². The molecule has 0 saturated carbocycles. The smallest absolute Gasteiger partial charge is 0.351 e. The molecule has 1 aliphatic heterocycles. The zero-order valence-corrected chi connectivity index (χ0v) is 12.3. The lowest BCUT2D eigenvalue weighted by Gasteiger charge is -2.38. The molecule has 0 aromatic rings. The van der Waals surface area contributed by atoms with Gasteiger partial charge in [-0.2, -0.15) is 0 Å². The predicted octanol–water partition coefficient (Wildman–Crippen LogP) is 1.95. The van der Waals surface area contributed by atoms with Gasteiger partial charge in [-0.3, -0.25) is 0 Å². The molecule has 0 aromatic heterocycles.